The summed E-state index contributed by atoms with van der Waals surface area (Å²) in [5.74, 6) is -0.489. The van der Waals surface area contributed by atoms with Crippen LogP contribution in [0.15, 0.2) is 0 Å². The molecule has 15 heavy (non-hydrogen) atoms. The van der Waals surface area contributed by atoms with Crippen LogP contribution in [0.1, 0.15) is 20.3 Å². The molecule has 1 heterocycles. The number of rotatable bonds is 3. The molecule has 1 aliphatic heterocycles. The Balaban J connectivity index is 2.58. The third-order valence-corrected chi connectivity index (χ3v) is 2.86. The Morgan fingerprint density at radius 2 is 2.27 bits per heavy atom. The van der Waals surface area contributed by atoms with Crippen LogP contribution >= 0.6 is 0 Å². The van der Waals surface area contributed by atoms with Crippen molar-refractivity contribution in [2.75, 3.05) is 20.2 Å². The van der Waals surface area contributed by atoms with Crippen molar-refractivity contribution in [2.24, 2.45) is 11.8 Å². The van der Waals surface area contributed by atoms with E-state index in [0.717, 1.165) is 6.42 Å². The second-order valence-electron chi connectivity index (χ2n) is 4.28. The Labute approximate surface area is 90.8 Å². The first-order chi connectivity index (χ1) is 7.10. The molecule has 2 atom stereocenters. The van der Waals surface area contributed by atoms with Crippen molar-refractivity contribution in [1.29, 1.82) is 5.26 Å². The van der Waals surface area contributed by atoms with Crippen molar-refractivity contribution in [3.8, 4) is 6.07 Å². The fourth-order valence-corrected chi connectivity index (χ4v) is 1.81. The van der Waals surface area contributed by atoms with Gasteiger partial charge in [-0.1, -0.05) is 13.8 Å². The van der Waals surface area contributed by atoms with Gasteiger partial charge >= 0.3 is 0 Å². The van der Waals surface area contributed by atoms with Gasteiger partial charge in [0.1, 0.15) is 5.92 Å². The molecule has 1 rings (SSSR count). The topological polar surface area (TPSA) is 53.3 Å². The molecule has 0 N–H and O–H groups in total. The minimum Gasteiger partial charge on any atom is -0.380 e. The molecule has 0 bridgehead atoms. The third kappa shape index (κ3) is 2.69. The summed E-state index contributed by atoms with van der Waals surface area (Å²) in [6.07, 6.45) is 1.01. The summed E-state index contributed by atoms with van der Waals surface area (Å²) in [4.78, 5) is 13.7. The van der Waals surface area contributed by atoms with Gasteiger partial charge in [0, 0.05) is 20.2 Å². The highest BCUT2D eigenvalue weighted by Crippen LogP contribution is 2.18. The van der Waals surface area contributed by atoms with Crippen molar-refractivity contribution in [3.63, 3.8) is 0 Å². The standard InChI is InChI=1S/C11H18N2O2/c1-8(2)10(6-12)11(14)13-5-4-9(7-13)15-3/h8-10H,4-5,7H2,1-3H3. The number of hydrogen-bond donors (Lipinski definition) is 0. The second-order valence-corrected chi connectivity index (χ2v) is 4.28. The molecule has 2 unspecified atom stereocenters. The van der Waals surface area contributed by atoms with Crippen LogP contribution in [0.3, 0.4) is 0 Å². The first kappa shape index (κ1) is 12.0. The van der Waals surface area contributed by atoms with E-state index in [1.807, 2.05) is 13.8 Å². The molecule has 0 aromatic carbocycles. The molecule has 1 fully saturated rings. The van der Waals surface area contributed by atoms with E-state index in [1.54, 1.807) is 12.0 Å². The Bertz CT molecular complexity index is 270. The lowest BCUT2D eigenvalue weighted by molar-refractivity contribution is -0.134. The summed E-state index contributed by atoms with van der Waals surface area (Å²) in [6.45, 7) is 5.13. The number of amides is 1. The maximum absolute atomic E-state index is 11.9. The van der Waals surface area contributed by atoms with Gasteiger partial charge < -0.3 is 9.64 Å². The van der Waals surface area contributed by atoms with Crippen LogP contribution in [0.2, 0.25) is 0 Å². The highest BCUT2D eigenvalue weighted by molar-refractivity contribution is 5.81. The van der Waals surface area contributed by atoms with Gasteiger partial charge in [0.05, 0.1) is 12.2 Å². The second kappa shape index (κ2) is 5.13. The highest BCUT2D eigenvalue weighted by atomic mass is 16.5. The van der Waals surface area contributed by atoms with Crippen molar-refractivity contribution in [2.45, 2.75) is 26.4 Å². The SMILES string of the molecule is COC1CCN(C(=O)C(C#N)C(C)C)C1. The third-order valence-electron chi connectivity index (χ3n) is 2.86. The van der Waals surface area contributed by atoms with Crippen molar-refractivity contribution in [3.05, 3.63) is 0 Å². The first-order valence-corrected chi connectivity index (χ1v) is 5.31. The summed E-state index contributed by atoms with van der Waals surface area (Å²) < 4.78 is 5.19. The average molecular weight is 210 g/mol. The maximum atomic E-state index is 11.9. The van der Waals surface area contributed by atoms with Crippen LogP contribution in [0.25, 0.3) is 0 Å². The van der Waals surface area contributed by atoms with Gasteiger partial charge in [-0.05, 0) is 12.3 Å². The zero-order chi connectivity index (χ0) is 11.4. The van der Waals surface area contributed by atoms with Crippen LogP contribution in [-0.2, 0) is 9.53 Å². The lowest BCUT2D eigenvalue weighted by atomic mass is 9.96. The highest BCUT2D eigenvalue weighted by Gasteiger charge is 2.32. The molecule has 4 heteroatoms. The number of ether oxygens (including phenoxy) is 1. The Morgan fingerprint density at radius 1 is 1.60 bits per heavy atom. The minimum atomic E-state index is -0.513. The number of nitriles is 1. The number of carbonyl (C=O) groups excluding carboxylic acids is 1. The molecular formula is C11H18N2O2. The van der Waals surface area contributed by atoms with E-state index < -0.39 is 5.92 Å². The van der Waals surface area contributed by atoms with Crippen molar-refractivity contribution in [1.82, 2.24) is 4.90 Å². The smallest absolute Gasteiger partial charge is 0.240 e. The van der Waals surface area contributed by atoms with Crippen molar-refractivity contribution >= 4 is 5.91 Å². The average Bonchev–Trinajstić information content (AvgIpc) is 2.66. The van der Waals surface area contributed by atoms with Crippen LogP contribution in [-0.4, -0.2) is 37.1 Å². The van der Waals surface area contributed by atoms with Crippen molar-refractivity contribution < 1.29 is 9.53 Å². The monoisotopic (exact) mass is 210 g/mol. The maximum Gasteiger partial charge on any atom is 0.240 e. The molecule has 0 saturated carbocycles. The molecule has 0 spiro atoms. The summed E-state index contributed by atoms with van der Waals surface area (Å²) in [6, 6.07) is 2.08. The molecule has 4 nitrogen and oxygen atoms in total. The van der Waals surface area contributed by atoms with Gasteiger partial charge in [0.2, 0.25) is 5.91 Å². The van der Waals surface area contributed by atoms with E-state index in [-0.39, 0.29) is 17.9 Å². The molecule has 0 aliphatic carbocycles. The summed E-state index contributed by atoms with van der Waals surface area (Å²) in [5.41, 5.74) is 0. The molecule has 0 aromatic heterocycles. The van der Waals surface area contributed by atoms with E-state index in [9.17, 15) is 4.79 Å². The van der Waals surface area contributed by atoms with Gasteiger partial charge in [-0.2, -0.15) is 5.26 Å². The number of hydrogen-bond acceptors (Lipinski definition) is 3. The number of methoxy groups -OCH3 is 1. The lowest BCUT2D eigenvalue weighted by Crippen LogP contribution is -2.36. The van der Waals surface area contributed by atoms with Gasteiger partial charge in [-0.3, -0.25) is 4.79 Å². The molecule has 0 radical (unpaired) electrons. The summed E-state index contributed by atoms with van der Waals surface area (Å²) >= 11 is 0. The van der Waals surface area contributed by atoms with E-state index in [4.69, 9.17) is 10.00 Å². The number of nitrogens with zero attached hydrogens (tertiary/aromatic N) is 2. The van der Waals surface area contributed by atoms with Crippen LogP contribution in [0.4, 0.5) is 0 Å². The number of likely N-dealkylation sites (tertiary alicyclic amines) is 1. The largest absolute Gasteiger partial charge is 0.380 e. The molecule has 1 aliphatic rings. The minimum absolute atomic E-state index is 0.0490. The first-order valence-electron chi connectivity index (χ1n) is 5.31. The quantitative estimate of drug-likeness (QED) is 0.699. The lowest BCUT2D eigenvalue weighted by Gasteiger charge is -2.21. The normalized spacial score (nSPS) is 22.9. The summed E-state index contributed by atoms with van der Waals surface area (Å²) in [5, 5.41) is 8.92. The van der Waals surface area contributed by atoms with Gasteiger partial charge in [-0.25, -0.2) is 0 Å². The van der Waals surface area contributed by atoms with Crippen LogP contribution in [0.5, 0.6) is 0 Å². The fraction of sp³-hybridized carbons (Fsp3) is 0.818. The van der Waals surface area contributed by atoms with Gasteiger partial charge in [0.15, 0.2) is 0 Å². The zero-order valence-electron chi connectivity index (χ0n) is 9.56. The van der Waals surface area contributed by atoms with E-state index in [2.05, 4.69) is 6.07 Å². The van der Waals surface area contributed by atoms with Gasteiger partial charge in [-0.15, -0.1) is 0 Å². The van der Waals surface area contributed by atoms with Gasteiger partial charge in [0.25, 0.3) is 0 Å². The Hall–Kier alpha value is -1.08. The van der Waals surface area contributed by atoms with Crippen LogP contribution < -0.4 is 0 Å². The predicted molar refractivity (Wildman–Crippen MR) is 55.9 cm³/mol. The van der Waals surface area contributed by atoms with E-state index in [0.29, 0.717) is 13.1 Å². The zero-order valence-corrected chi connectivity index (χ0v) is 9.56. The molecule has 0 aromatic rings. The fourth-order valence-electron chi connectivity index (χ4n) is 1.81. The molecule has 84 valence electrons. The van der Waals surface area contributed by atoms with E-state index >= 15 is 0 Å². The van der Waals surface area contributed by atoms with Crippen LogP contribution in [0, 0.1) is 23.2 Å². The molecular weight excluding hydrogens is 192 g/mol. The Morgan fingerprint density at radius 3 is 2.67 bits per heavy atom. The number of carbonyl (C=O) groups is 1. The molecule has 1 amide bonds. The predicted octanol–water partition coefficient (Wildman–Crippen LogP) is 1.03. The van der Waals surface area contributed by atoms with E-state index in [1.165, 1.54) is 0 Å². The molecule has 1 saturated heterocycles. The summed E-state index contributed by atoms with van der Waals surface area (Å²) in [7, 11) is 1.66. The Kier molecular flexibility index (Phi) is 4.10.